The lowest BCUT2D eigenvalue weighted by Crippen LogP contribution is -2.46. The largest absolute Gasteiger partial charge is 0.444 e. The van der Waals surface area contributed by atoms with Crippen molar-refractivity contribution in [2.24, 2.45) is 0 Å². The standard InChI is InChI=1S/C18H25N3O2.C5H3N/c1-5-16(14-7-6-10-19-13-14)21-11-8-15(9-12-21)20-17(22)23-18(2,3)4;1-2-5-4(1)3-6-5/h1,6-7,10,13,15-16H,8-9,11-12H2,2-4H3,(H,20,22);1-3H. The SMILES string of the molecule is C#CC(c1cccnc1)N1CCC(NC(=O)OC(C)(C)C)CC1.c1cc2ncc1-2. The van der Waals surface area contributed by atoms with Crippen molar-refractivity contribution in [1.82, 2.24) is 20.2 Å². The molecule has 6 nitrogen and oxygen atoms in total. The van der Waals surface area contributed by atoms with Crippen LogP contribution in [-0.4, -0.2) is 45.7 Å². The van der Waals surface area contributed by atoms with Gasteiger partial charge in [-0.3, -0.25) is 14.9 Å². The van der Waals surface area contributed by atoms with Crippen molar-refractivity contribution >= 4 is 6.09 Å². The van der Waals surface area contributed by atoms with E-state index in [0.29, 0.717) is 0 Å². The number of pyridine rings is 2. The van der Waals surface area contributed by atoms with E-state index in [1.807, 2.05) is 51.4 Å². The van der Waals surface area contributed by atoms with Gasteiger partial charge in [0.05, 0.1) is 11.7 Å². The molecule has 1 N–H and O–H groups in total. The highest BCUT2D eigenvalue weighted by Crippen LogP contribution is 2.25. The van der Waals surface area contributed by atoms with Crippen LogP contribution in [0.5, 0.6) is 0 Å². The molecule has 1 unspecified atom stereocenters. The second-order valence-corrected chi connectivity index (χ2v) is 8.24. The minimum absolute atomic E-state index is 0.0637. The number of nitrogens with zero attached hydrogens (tertiary/aromatic N) is 3. The average Bonchev–Trinajstić information content (AvgIpc) is 2.66. The van der Waals surface area contributed by atoms with Crippen LogP contribution >= 0.6 is 0 Å². The van der Waals surface area contributed by atoms with E-state index < -0.39 is 5.60 Å². The molecule has 0 saturated carbocycles. The van der Waals surface area contributed by atoms with Crippen molar-refractivity contribution in [3.8, 4) is 23.6 Å². The van der Waals surface area contributed by atoms with Crippen LogP contribution in [0.1, 0.15) is 45.2 Å². The lowest BCUT2D eigenvalue weighted by molar-refractivity contribution is 0.0474. The normalized spacial score (nSPS) is 16.6. The molecule has 29 heavy (non-hydrogen) atoms. The summed E-state index contributed by atoms with van der Waals surface area (Å²) in [6, 6.07) is 8.04. The molecular formula is C23H28N4O2. The van der Waals surface area contributed by atoms with Crippen LogP contribution in [0.4, 0.5) is 4.79 Å². The first-order valence-corrected chi connectivity index (χ1v) is 9.92. The van der Waals surface area contributed by atoms with Crippen LogP contribution in [0.25, 0.3) is 11.3 Å². The van der Waals surface area contributed by atoms with Gasteiger partial charge in [0.25, 0.3) is 0 Å². The summed E-state index contributed by atoms with van der Waals surface area (Å²) in [5, 5.41) is 2.94. The third-order valence-electron chi connectivity index (χ3n) is 4.83. The Hall–Kier alpha value is -2.91. The van der Waals surface area contributed by atoms with Crippen LogP contribution in [-0.2, 0) is 4.74 Å². The Morgan fingerprint density at radius 3 is 2.41 bits per heavy atom. The number of likely N-dealkylation sites (tertiary alicyclic amines) is 1. The minimum atomic E-state index is -0.473. The molecule has 4 rings (SSSR count). The van der Waals surface area contributed by atoms with E-state index in [9.17, 15) is 4.79 Å². The monoisotopic (exact) mass is 392 g/mol. The summed E-state index contributed by atoms with van der Waals surface area (Å²) in [7, 11) is 0. The topological polar surface area (TPSA) is 67.4 Å². The molecule has 3 heterocycles. The number of hydrogen-bond acceptors (Lipinski definition) is 5. The molecular weight excluding hydrogens is 364 g/mol. The Bertz CT molecular complexity index is 824. The van der Waals surface area contributed by atoms with E-state index in [4.69, 9.17) is 11.2 Å². The summed E-state index contributed by atoms with van der Waals surface area (Å²) in [6.45, 7) is 7.26. The minimum Gasteiger partial charge on any atom is -0.444 e. The van der Waals surface area contributed by atoms with Gasteiger partial charge in [-0.15, -0.1) is 6.42 Å². The van der Waals surface area contributed by atoms with Crippen molar-refractivity contribution in [2.45, 2.75) is 51.3 Å². The van der Waals surface area contributed by atoms with Gasteiger partial charge < -0.3 is 10.1 Å². The fraction of sp³-hybridized carbons (Fsp3) is 0.435. The van der Waals surface area contributed by atoms with Crippen molar-refractivity contribution in [1.29, 1.82) is 0 Å². The van der Waals surface area contributed by atoms with Gasteiger partial charge in [-0.05, 0) is 57.4 Å². The number of hydrogen-bond donors (Lipinski definition) is 1. The second kappa shape index (κ2) is 9.06. The molecule has 6 heteroatoms. The van der Waals surface area contributed by atoms with E-state index >= 15 is 0 Å². The molecule has 3 aliphatic rings. The highest BCUT2D eigenvalue weighted by Gasteiger charge is 2.27. The van der Waals surface area contributed by atoms with Gasteiger partial charge in [-0.25, -0.2) is 4.79 Å². The number of piperidine rings is 1. The van der Waals surface area contributed by atoms with Gasteiger partial charge in [-0.1, -0.05) is 12.0 Å². The van der Waals surface area contributed by atoms with E-state index in [0.717, 1.165) is 31.5 Å². The number of carbonyl (C=O) groups is 1. The summed E-state index contributed by atoms with van der Waals surface area (Å²) in [6.07, 6.45) is 12.5. The van der Waals surface area contributed by atoms with Crippen molar-refractivity contribution in [3.05, 3.63) is 48.4 Å². The molecule has 1 aromatic rings. The van der Waals surface area contributed by atoms with Crippen LogP contribution in [0.15, 0.2) is 42.9 Å². The second-order valence-electron chi connectivity index (χ2n) is 8.24. The zero-order chi connectivity index (χ0) is 20.9. The number of rotatable bonds is 3. The molecule has 1 atom stereocenters. The van der Waals surface area contributed by atoms with E-state index in [1.54, 1.807) is 6.20 Å². The molecule has 1 aliphatic carbocycles. The van der Waals surface area contributed by atoms with Gasteiger partial charge in [0.2, 0.25) is 0 Å². The number of nitrogens with one attached hydrogen (secondary N) is 1. The highest BCUT2D eigenvalue weighted by atomic mass is 16.6. The smallest absolute Gasteiger partial charge is 0.407 e. The summed E-state index contributed by atoms with van der Waals surface area (Å²) in [4.78, 5) is 22.1. The van der Waals surface area contributed by atoms with Gasteiger partial charge in [0.1, 0.15) is 5.60 Å². The van der Waals surface area contributed by atoms with E-state index in [1.165, 1.54) is 11.3 Å². The van der Waals surface area contributed by atoms with Gasteiger partial charge >= 0.3 is 6.09 Å². The molecule has 0 bridgehead atoms. The Kier molecular flexibility index (Phi) is 6.50. The molecule has 1 amide bonds. The van der Waals surface area contributed by atoms with Crippen molar-refractivity contribution in [3.63, 3.8) is 0 Å². The number of fused-ring (bicyclic) bond motifs is 1. The van der Waals surface area contributed by atoms with E-state index in [-0.39, 0.29) is 18.2 Å². The van der Waals surface area contributed by atoms with Gasteiger partial charge in [-0.2, -0.15) is 0 Å². The molecule has 0 radical (unpaired) electrons. The van der Waals surface area contributed by atoms with Crippen LogP contribution in [0.2, 0.25) is 0 Å². The number of aromatic nitrogens is 2. The summed E-state index contributed by atoms with van der Waals surface area (Å²) >= 11 is 0. The molecule has 0 spiro atoms. The number of alkyl carbamates (subject to hydrolysis) is 1. The fourth-order valence-corrected chi connectivity index (χ4v) is 3.28. The first kappa shape index (κ1) is 20.8. The van der Waals surface area contributed by atoms with Crippen LogP contribution < -0.4 is 5.32 Å². The number of amides is 1. The molecule has 1 saturated heterocycles. The van der Waals surface area contributed by atoms with Crippen molar-refractivity contribution in [2.75, 3.05) is 13.1 Å². The maximum absolute atomic E-state index is 11.8. The lowest BCUT2D eigenvalue weighted by Gasteiger charge is -2.35. The molecule has 152 valence electrons. The van der Waals surface area contributed by atoms with Crippen LogP contribution in [0, 0.1) is 12.3 Å². The Morgan fingerprint density at radius 1 is 1.28 bits per heavy atom. The Labute approximate surface area is 172 Å². The Morgan fingerprint density at radius 2 is 2.00 bits per heavy atom. The zero-order valence-electron chi connectivity index (χ0n) is 17.3. The maximum atomic E-state index is 11.8. The molecule has 1 aromatic heterocycles. The third-order valence-corrected chi connectivity index (χ3v) is 4.83. The quantitative estimate of drug-likeness (QED) is 0.687. The molecule has 1 fully saturated rings. The average molecular weight is 393 g/mol. The highest BCUT2D eigenvalue weighted by molar-refractivity contribution is 5.68. The first-order chi connectivity index (χ1) is 13.9. The predicted molar refractivity (Wildman–Crippen MR) is 113 cm³/mol. The number of terminal acetylenes is 1. The van der Waals surface area contributed by atoms with Crippen molar-refractivity contribution < 1.29 is 9.53 Å². The molecule has 0 aromatic carbocycles. The van der Waals surface area contributed by atoms with Crippen LogP contribution in [0.3, 0.4) is 0 Å². The van der Waals surface area contributed by atoms with E-state index in [2.05, 4.69) is 32.2 Å². The van der Waals surface area contributed by atoms with Gasteiger partial charge in [0.15, 0.2) is 0 Å². The zero-order valence-corrected chi connectivity index (χ0v) is 17.3. The fourth-order valence-electron chi connectivity index (χ4n) is 3.28. The Balaban J connectivity index is 0.000000334. The summed E-state index contributed by atoms with van der Waals surface area (Å²) < 4.78 is 5.30. The lowest BCUT2D eigenvalue weighted by atomic mass is 10.0. The first-order valence-electron chi connectivity index (χ1n) is 9.92. The molecule has 2 aliphatic heterocycles. The number of carbonyl (C=O) groups excluding carboxylic acids is 1. The third kappa shape index (κ3) is 5.78. The predicted octanol–water partition coefficient (Wildman–Crippen LogP) is 3.81. The number of ether oxygens (including phenoxy) is 1. The summed E-state index contributed by atoms with van der Waals surface area (Å²) in [5.74, 6) is 2.85. The maximum Gasteiger partial charge on any atom is 0.407 e. The van der Waals surface area contributed by atoms with Gasteiger partial charge in [0, 0.05) is 43.3 Å². The summed E-state index contributed by atoms with van der Waals surface area (Å²) in [5.41, 5.74) is 3.05.